The van der Waals surface area contributed by atoms with Crippen LogP contribution in [0, 0.1) is 6.92 Å². The number of nitrogens with one attached hydrogen (secondary N) is 1. The molecule has 2 aromatic rings. The second-order valence-corrected chi connectivity index (χ2v) is 4.83. The first-order valence-electron chi connectivity index (χ1n) is 6.73. The summed E-state index contributed by atoms with van der Waals surface area (Å²) in [6.07, 6.45) is 0.722. The number of nitrogen functional groups attached to an aromatic ring is 1. The second-order valence-electron chi connectivity index (χ2n) is 4.83. The summed E-state index contributed by atoms with van der Waals surface area (Å²) in [6, 6.07) is 7.77. The highest BCUT2D eigenvalue weighted by molar-refractivity contribution is 5.97. The number of aryl methyl sites for hydroxylation is 2. The lowest BCUT2D eigenvalue weighted by atomic mass is 10.1. The molecule has 1 amide bonds. The van der Waals surface area contributed by atoms with Gasteiger partial charge >= 0.3 is 0 Å². The maximum absolute atomic E-state index is 12.1. The van der Waals surface area contributed by atoms with Crippen molar-refractivity contribution in [3.05, 3.63) is 41.2 Å². The van der Waals surface area contributed by atoms with Crippen LogP contribution in [0.1, 0.15) is 21.7 Å². The van der Waals surface area contributed by atoms with Gasteiger partial charge in [-0.3, -0.25) is 9.48 Å². The molecule has 0 bridgehead atoms. The minimum atomic E-state index is -0.210. The van der Waals surface area contributed by atoms with Crippen molar-refractivity contribution in [3.63, 3.8) is 0 Å². The summed E-state index contributed by atoms with van der Waals surface area (Å²) in [6.45, 7) is 2.30. The van der Waals surface area contributed by atoms with Crippen molar-refractivity contribution >= 4 is 11.6 Å². The molecule has 0 spiro atoms. The van der Waals surface area contributed by atoms with Gasteiger partial charge in [-0.1, -0.05) is 12.1 Å². The Balaban J connectivity index is 1.95. The summed E-state index contributed by atoms with van der Waals surface area (Å²) in [7, 11) is 3.34. The molecule has 6 nitrogen and oxygen atoms in total. The number of benzene rings is 1. The summed E-state index contributed by atoms with van der Waals surface area (Å²) in [4.78, 5) is 12.1. The fourth-order valence-corrected chi connectivity index (χ4v) is 2.18. The number of hydrogen-bond acceptors (Lipinski definition) is 4. The number of rotatable bonds is 5. The third kappa shape index (κ3) is 3.34. The molecule has 0 aliphatic heterocycles. The largest absolute Gasteiger partial charge is 0.497 e. The van der Waals surface area contributed by atoms with Crippen LogP contribution >= 0.6 is 0 Å². The standard InChI is InChI=1S/C15H20N4O2/c1-10-13(16)14(19(2)18-10)15(20)17-8-7-11-5-4-6-12(9-11)21-3/h4-6,9H,7-8,16H2,1-3H3,(H,17,20). The number of nitrogens with two attached hydrogens (primary N) is 1. The first kappa shape index (κ1) is 14.9. The fraction of sp³-hybridized carbons (Fsp3) is 0.333. The third-order valence-electron chi connectivity index (χ3n) is 3.32. The molecule has 6 heteroatoms. The Morgan fingerprint density at radius 1 is 1.48 bits per heavy atom. The van der Waals surface area contributed by atoms with E-state index in [2.05, 4.69) is 10.4 Å². The van der Waals surface area contributed by atoms with Crippen molar-refractivity contribution in [3.8, 4) is 5.75 Å². The van der Waals surface area contributed by atoms with Gasteiger partial charge in [-0.2, -0.15) is 5.10 Å². The maximum Gasteiger partial charge on any atom is 0.271 e. The molecule has 1 aromatic heterocycles. The van der Waals surface area contributed by atoms with Gasteiger partial charge in [0, 0.05) is 13.6 Å². The number of carbonyl (C=O) groups is 1. The molecule has 0 atom stereocenters. The summed E-state index contributed by atoms with van der Waals surface area (Å²) in [5.41, 5.74) is 8.46. The molecule has 0 saturated heterocycles. The van der Waals surface area contributed by atoms with Crippen LogP contribution in [0.15, 0.2) is 24.3 Å². The van der Waals surface area contributed by atoms with Crippen LogP contribution in [0.3, 0.4) is 0 Å². The van der Waals surface area contributed by atoms with Gasteiger partial charge in [0.1, 0.15) is 11.4 Å². The summed E-state index contributed by atoms with van der Waals surface area (Å²) in [5.74, 6) is 0.601. The molecule has 21 heavy (non-hydrogen) atoms. The first-order valence-corrected chi connectivity index (χ1v) is 6.73. The molecule has 0 aliphatic carbocycles. The number of hydrogen-bond donors (Lipinski definition) is 2. The van der Waals surface area contributed by atoms with Gasteiger partial charge in [0.25, 0.3) is 5.91 Å². The van der Waals surface area contributed by atoms with Crippen molar-refractivity contribution < 1.29 is 9.53 Å². The van der Waals surface area contributed by atoms with Crippen molar-refractivity contribution in [1.29, 1.82) is 0 Å². The normalized spacial score (nSPS) is 10.4. The Bertz CT molecular complexity index is 649. The number of amides is 1. The molecule has 0 unspecified atom stereocenters. The van der Waals surface area contributed by atoms with E-state index in [0.29, 0.717) is 23.6 Å². The van der Waals surface area contributed by atoms with E-state index in [9.17, 15) is 4.79 Å². The van der Waals surface area contributed by atoms with E-state index in [1.165, 1.54) is 4.68 Å². The van der Waals surface area contributed by atoms with Crippen LogP contribution in [0.5, 0.6) is 5.75 Å². The van der Waals surface area contributed by atoms with Crippen LogP contribution in [-0.4, -0.2) is 29.3 Å². The molecule has 1 heterocycles. The maximum atomic E-state index is 12.1. The molecule has 112 valence electrons. The molecule has 0 radical (unpaired) electrons. The quantitative estimate of drug-likeness (QED) is 0.868. The molecule has 0 saturated carbocycles. The van der Waals surface area contributed by atoms with Crippen molar-refractivity contribution in [2.45, 2.75) is 13.3 Å². The molecule has 0 fully saturated rings. The minimum Gasteiger partial charge on any atom is -0.497 e. The zero-order valence-electron chi connectivity index (χ0n) is 12.5. The Labute approximate surface area is 123 Å². The van der Waals surface area contributed by atoms with E-state index in [4.69, 9.17) is 10.5 Å². The lowest BCUT2D eigenvalue weighted by Crippen LogP contribution is -2.28. The molecule has 1 aromatic carbocycles. The number of methoxy groups -OCH3 is 1. The van der Waals surface area contributed by atoms with Gasteiger partial charge in [0.15, 0.2) is 0 Å². The highest BCUT2D eigenvalue weighted by atomic mass is 16.5. The Kier molecular flexibility index (Phi) is 4.47. The third-order valence-corrected chi connectivity index (χ3v) is 3.32. The number of carbonyl (C=O) groups excluding carboxylic acids is 1. The van der Waals surface area contributed by atoms with Crippen molar-refractivity contribution in [2.24, 2.45) is 7.05 Å². The Morgan fingerprint density at radius 2 is 2.24 bits per heavy atom. The number of aromatic nitrogens is 2. The van der Waals surface area contributed by atoms with Gasteiger partial charge in [0.05, 0.1) is 18.5 Å². The number of anilines is 1. The van der Waals surface area contributed by atoms with Crippen molar-refractivity contribution in [2.75, 3.05) is 19.4 Å². The van der Waals surface area contributed by atoms with E-state index in [0.717, 1.165) is 17.7 Å². The summed E-state index contributed by atoms with van der Waals surface area (Å²) < 4.78 is 6.68. The van der Waals surface area contributed by atoms with Gasteiger partial charge < -0.3 is 15.8 Å². The van der Waals surface area contributed by atoms with E-state index in [1.807, 2.05) is 24.3 Å². The predicted molar refractivity (Wildman–Crippen MR) is 81.4 cm³/mol. The molecule has 0 aliphatic rings. The smallest absolute Gasteiger partial charge is 0.271 e. The SMILES string of the molecule is COc1cccc(CCNC(=O)c2c(N)c(C)nn2C)c1. The molecular formula is C15H20N4O2. The van der Waals surface area contributed by atoms with Crippen LogP contribution < -0.4 is 15.8 Å². The number of ether oxygens (including phenoxy) is 1. The average Bonchev–Trinajstić information content (AvgIpc) is 2.72. The number of nitrogens with zero attached hydrogens (tertiary/aromatic N) is 2. The lowest BCUT2D eigenvalue weighted by molar-refractivity contribution is 0.0945. The minimum absolute atomic E-state index is 0.210. The topological polar surface area (TPSA) is 82.2 Å². The lowest BCUT2D eigenvalue weighted by Gasteiger charge is -2.07. The van der Waals surface area contributed by atoms with E-state index >= 15 is 0 Å². The van der Waals surface area contributed by atoms with Crippen LogP contribution in [-0.2, 0) is 13.5 Å². The molecule has 3 N–H and O–H groups in total. The monoisotopic (exact) mass is 288 g/mol. The zero-order chi connectivity index (χ0) is 15.4. The van der Waals surface area contributed by atoms with Crippen LogP contribution in [0.25, 0.3) is 0 Å². The van der Waals surface area contributed by atoms with Gasteiger partial charge in [0.2, 0.25) is 0 Å². The van der Waals surface area contributed by atoms with Gasteiger partial charge in [-0.05, 0) is 31.0 Å². The highest BCUT2D eigenvalue weighted by Gasteiger charge is 2.17. The van der Waals surface area contributed by atoms with Gasteiger partial charge in [-0.25, -0.2) is 0 Å². The van der Waals surface area contributed by atoms with E-state index < -0.39 is 0 Å². The molecular weight excluding hydrogens is 268 g/mol. The first-order chi connectivity index (χ1) is 10.0. The van der Waals surface area contributed by atoms with E-state index in [1.54, 1.807) is 21.1 Å². The zero-order valence-corrected chi connectivity index (χ0v) is 12.5. The van der Waals surface area contributed by atoms with Gasteiger partial charge in [-0.15, -0.1) is 0 Å². The Hall–Kier alpha value is -2.50. The average molecular weight is 288 g/mol. The summed E-state index contributed by atoms with van der Waals surface area (Å²) in [5, 5.41) is 6.99. The highest BCUT2D eigenvalue weighted by Crippen LogP contribution is 2.15. The fourth-order valence-electron chi connectivity index (χ4n) is 2.18. The van der Waals surface area contributed by atoms with E-state index in [-0.39, 0.29) is 5.91 Å². The Morgan fingerprint density at radius 3 is 2.86 bits per heavy atom. The van der Waals surface area contributed by atoms with Crippen LogP contribution in [0.4, 0.5) is 5.69 Å². The summed E-state index contributed by atoms with van der Waals surface area (Å²) >= 11 is 0. The second kappa shape index (κ2) is 6.30. The van der Waals surface area contributed by atoms with Crippen molar-refractivity contribution in [1.82, 2.24) is 15.1 Å². The predicted octanol–water partition coefficient (Wildman–Crippen LogP) is 1.29. The molecule has 2 rings (SSSR count). The van der Waals surface area contributed by atoms with Crippen LogP contribution in [0.2, 0.25) is 0 Å².